The van der Waals surface area contributed by atoms with E-state index in [1.807, 2.05) is 0 Å². The van der Waals surface area contributed by atoms with Crippen molar-refractivity contribution in [3.63, 3.8) is 0 Å². The van der Waals surface area contributed by atoms with Gasteiger partial charge in [0.1, 0.15) is 0 Å². The van der Waals surface area contributed by atoms with E-state index in [9.17, 15) is 22.8 Å². The van der Waals surface area contributed by atoms with Crippen molar-refractivity contribution in [2.75, 3.05) is 33.9 Å². The highest BCUT2D eigenvalue weighted by molar-refractivity contribution is 7.89. The maximum absolute atomic E-state index is 12.7. The molecule has 0 fully saturated rings. The van der Waals surface area contributed by atoms with E-state index < -0.39 is 27.2 Å². The van der Waals surface area contributed by atoms with Crippen LogP contribution < -0.4 is 16.6 Å². The zero-order chi connectivity index (χ0) is 20.4. The maximum Gasteiger partial charge on any atom is 0.330 e. The SMILES string of the molecule is COCCNC(=O)CN(C)S(=O)(=O)c1ccc2c(c1)c(=O)n(C)c(=O)n2C. The average Bonchev–Trinajstić information content (AvgIpc) is 2.64. The monoisotopic (exact) mass is 398 g/mol. The van der Waals surface area contributed by atoms with Gasteiger partial charge in [0.05, 0.1) is 29.0 Å². The molecule has 10 nitrogen and oxygen atoms in total. The molecular formula is C16H22N4O6S. The lowest BCUT2D eigenvalue weighted by molar-refractivity contribution is -0.121. The molecule has 0 unspecified atom stereocenters. The van der Waals surface area contributed by atoms with Crippen LogP contribution in [0.4, 0.5) is 0 Å². The van der Waals surface area contributed by atoms with Crippen LogP contribution in [0, 0.1) is 0 Å². The summed E-state index contributed by atoms with van der Waals surface area (Å²) in [5.74, 6) is -0.475. The molecule has 0 atom stereocenters. The van der Waals surface area contributed by atoms with E-state index in [1.54, 1.807) is 0 Å². The van der Waals surface area contributed by atoms with Gasteiger partial charge in [0.15, 0.2) is 0 Å². The molecule has 27 heavy (non-hydrogen) atoms. The van der Waals surface area contributed by atoms with Crippen LogP contribution in [0.1, 0.15) is 0 Å². The number of fused-ring (bicyclic) bond motifs is 1. The van der Waals surface area contributed by atoms with E-state index in [4.69, 9.17) is 4.74 Å². The third-order valence-corrected chi connectivity index (χ3v) is 5.94. The Labute approximate surface area is 156 Å². The lowest BCUT2D eigenvalue weighted by Gasteiger charge is -2.17. The number of benzene rings is 1. The molecule has 2 aromatic rings. The largest absolute Gasteiger partial charge is 0.383 e. The molecule has 0 spiro atoms. The third-order valence-electron chi connectivity index (χ3n) is 4.14. The van der Waals surface area contributed by atoms with Gasteiger partial charge in [0, 0.05) is 34.8 Å². The first kappa shape index (κ1) is 20.8. The molecule has 0 saturated carbocycles. The van der Waals surface area contributed by atoms with Gasteiger partial charge in [-0.25, -0.2) is 13.2 Å². The van der Waals surface area contributed by atoms with Gasteiger partial charge in [-0.05, 0) is 18.2 Å². The van der Waals surface area contributed by atoms with E-state index in [0.29, 0.717) is 12.1 Å². The van der Waals surface area contributed by atoms with Gasteiger partial charge in [-0.3, -0.25) is 18.7 Å². The van der Waals surface area contributed by atoms with Crippen LogP contribution in [0.15, 0.2) is 32.7 Å². The summed E-state index contributed by atoms with van der Waals surface area (Å²) in [5.41, 5.74) is -0.778. The Kier molecular flexibility index (Phi) is 6.19. The average molecular weight is 398 g/mol. The lowest BCUT2D eigenvalue weighted by atomic mass is 10.2. The number of methoxy groups -OCH3 is 1. The van der Waals surface area contributed by atoms with Crippen molar-refractivity contribution in [2.24, 2.45) is 14.1 Å². The Morgan fingerprint density at radius 2 is 1.89 bits per heavy atom. The second-order valence-electron chi connectivity index (χ2n) is 5.99. The zero-order valence-electron chi connectivity index (χ0n) is 15.6. The Bertz CT molecular complexity index is 1090. The number of hydrogen-bond acceptors (Lipinski definition) is 6. The number of hydrogen-bond donors (Lipinski definition) is 1. The van der Waals surface area contributed by atoms with Gasteiger partial charge in [-0.2, -0.15) is 4.31 Å². The number of amides is 1. The molecule has 1 aromatic carbocycles. The van der Waals surface area contributed by atoms with E-state index in [-0.39, 0.29) is 23.4 Å². The van der Waals surface area contributed by atoms with Crippen LogP contribution in [0.2, 0.25) is 0 Å². The predicted octanol–water partition coefficient (Wildman–Crippen LogP) is -1.38. The number of aromatic nitrogens is 2. The summed E-state index contributed by atoms with van der Waals surface area (Å²) in [6.07, 6.45) is 0. The van der Waals surface area contributed by atoms with Gasteiger partial charge in [0.25, 0.3) is 5.56 Å². The Morgan fingerprint density at radius 1 is 1.22 bits per heavy atom. The lowest BCUT2D eigenvalue weighted by Crippen LogP contribution is -2.39. The quantitative estimate of drug-likeness (QED) is 0.574. The first-order valence-corrected chi connectivity index (χ1v) is 9.47. The van der Waals surface area contributed by atoms with E-state index in [0.717, 1.165) is 8.87 Å². The summed E-state index contributed by atoms with van der Waals surface area (Å²) in [5, 5.41) is 2.63. The Morgan fingerprint density at radius 3 is 2.52 bits per heavy atom. The number of aryl methyl sites for hydroxylation is 1. The van der Waals surface area contributed by atoms with Crippen molar-refractivity contribution >= 4 is 26.8 Å². The number of carbonyl (C=O) groups is 1. The summed E-state index contributed by atoms with van der Waals surface area (Å²) in [7, 11) is 1.57. The van der Waals surface area contributed by atoms with Gasteiger partial charge in [-0.1, -0.05) is 0 Å². The molecule has 0 saturated heterocycles. The third kappa shape index (κ3) is 4.10. The smallest absolute Gasteiger partial charge is 0.330 e. The van der Waals surface area contributed by atoms with Crippen LogP contribution in [0.5, 0.6) is 0 Å². The standard InChI is InChI=1S/C16H22N4O6S/c1-18(10-14(21)17-7-8-26-4)27(24,25)11-5-6-13-12(9-11)15(22)20(3)16(23)19(13)2/h5-6,9H,7-8,10H2,1-4H3,(H,17,21). The van der Waals surface area contributed by atoms with Crippen LogP contribution in [-0.4, -0.2) is 61.6 Å². The predicted molar refractivity (Wildman–Crippen MR) is 99.1 cm³/mol. The molecule has 11 heteroatoms. The second kappa shape index (κ2) is 8.03. The summed E-state index contributed by atoms with van der Waals surface area (Å²) < 4.78 is 33.3. The Balaban J connectivity index is 2.39. The van der Waals surface area contributed by atoms with Crippen molar-refractivity contribution in [3.8, 4) is 0 Å². The fourth-order valence-electron chi connectivity index (χ4n) is 2.55. The molecule has 0 radical (unpaired) electrons. The first-order valence-electron chi connectivity index (χ1n) is 8.03. The van der Waals surface area contributed by atoms with E-state index in [1.165, 1.54) is 51.0 Å². The zero-order valence-corrected chi connectivity index (χ0v) is 16.4. The summed E-state index contributed by atoms with van der Waals surface area (Å²) in [6.45, 7) is 0.202. The van der Waals surface area contributed by atoms with Crippen LogP contribution in [0.25, 0.3) is 10.9 Å². The highest BCUT2D eigenvalue weighted by Gasteiger charge is 2.24. The molecule has 1 amide bonds. The minimum atomic E-state index is -4.00. The van der Waals surface area contributed by atoms with Gasteiger partial charge < -0.3 is 10.1 Å². The van der Waals surface area contributed by atoms with Crippen molar-refractivity contribution < 1.29 is 17.9 Å². The molecule has 1 aromatic heterocycles. The number of nitrogens with one attached hydrogen (secondary N) is 1. The van der Waals surface area contributed by atoms with E-state index >= 15 is 0 Å². The summed E-state index contributed by atoms with van der Waals surface area (Å²) in [6, 6.07) is 3.92. The molecular weight excluding hydrogens is 376 g/mol. The molecule has 2 rings (SSSR count). The van der Waals surface area contributed by atoms with Crippen LogP contribution >= 0.6 is 0 Å². The summed E-state index contributed by atoms with van der Waals surface area (Å²) in [4.78, 5) is 36.0. The number of nitrogens with zero attached hydrogens (tertiary/aromatic N) is 3. The van der Waals surface area contributed by atoms with Crippen molar-refractivity contribution in [3.05, 3.63) is 39.0 Å². The number of ether oxygens (including phenoxy) is 1. The molecule has 1 heterocycles. The number of likely N-dealkylation sites (N-methyl/N-ethyl adjacent to an activating group) is 1. The van der Waals surface area contributed by atoms with Crippen molar-refractivity contribution in [1.82, 2.24) is 18.8 Å². The minimum Gasteiger partial charge on any atom is -0.383 e. The number of sulfonamides is 1. The van der Waals surface area contributed by atoms with Crippen molar-refractivity contribution in [2.45, 2.75) is 4.90 Å². The van der Waals surface area contributed by atoms with Gasteiger partial charge in [0.2, 0.25) is 15.9 Å². The highest BCUT2D eigenvalue weighted by Crippen LogP contribution is 2.18. The number of rotatable bonds is 7. The molecule has 0 bridgehead atoms. The fraction of sp³-hybridized carbons (Fsp3) is 0.438. The molecule has 0 aliphatic rings. The van der Waals surface area contributed by atoms with Crippen LogP contribution in [-0.2, 0) is 33.7 Å². The Hall–Kier alpha value is -2.50. The maximum atomic E-state index is 12.7. The molecule has 0 aliphatic carbocycles. The molecule has 0 aliphatic heterocycles. The second-order valence-corrected chi connectivity index (χ2v) is 8.03. The molecule has 1 N–H and O–H groups in total. The topological polar surface area (TPSA) is 120 Å². The van der Waals surface area contributed by atoms with Crippen molar-refractivity contribution in [1.29, 1.82) is 0 Å². The fourth-order valence-corrected chi connectivity index (χ4v) is 3.70. The summed E-state index contributed by atoms with van der Waals surface area (Å²) >= 11 is 0. The normalized spacial score (nSPS) is 11.9. The number of carbonyl (C=O) groups excluding carboxylic acids is 1. The minimum absolute atomic E-state index is 0.0959. The van der Waals surface area contributed by atoms with E-state index in [2.05, 4.69) is 5.32 Å². The molecule has 148 valence electrons. The van der Waals surface area contributed by atoms with Gasteiger partial charge >= 0.3 is 5.69 Å². The highest BCUT2D eigenvalue weighted by atomic mass is 32.2. The first-order chi connectivity index (χ1) is 12.6. The van der Waals surface area contributed by atoms with Gasteiger partial charge in [-0.15, -0.1) is 0 Å². The van der Waals surface area contributed by atoms with Crippen LogP contribution in [0.3, 0.4) is 0 Å².